The highest BCUT2D eigenvalue weighted by Gasteiger charge is 2.09. The molecule has 0 aliphatic rings. The number of halogens is 1. The lowest BCUT2D eigenvalue weighted by molar-refractivity contribution is 0.313. The first-order valence-corrected chi connectivity index (χ1v) is 9.13. The van der Waals surface area contributed by atoms with Gasteiger partial charge in [0.2, 0.25) is 0 Å². The fraction of sp³-hybridized carbons (Fsp3) is 0.500. The van der Waals surface area contributed by atoms with Gasteiger partial charge in [0.05, 0.1) is 12.3 Å². The van der Waals surface area contributed by atoms with Crippen LogP contribution in [0.3, 0.4) is 0 Å². The van der Waals surface area contributed by atoms with Gasteiger partial charge in [-0.15, -0.1) is 24.0 Å². The highest BCUT2D eigenvalue weighted by Crippen LogP contribution is 2.20. The Morgan fingerprint density at radius 1 is 1.22 bits per heavy atom. The summed E-state index contributed by atoms with van der Waals surface area (Å²) in [6.07, 6.45) is 1.84. The van der Waals surface area contributed by atoms with Crippen molar-refractivity contribution in [2.45, 2.75) is 47.1 Å². The maximum absolute atomic E-state index is 5.87. The third-order valence-electron chi connectivity index (χ3n) is 4.20. The number of rotatable bonds is 8. The molecule has 0 saturated carbocycles. The molecule has 2 aromatic rings. The third kappa shape index (κ3) is 7.04. The molecule has 1 aromatic heterocycles. The van der Waals surface area contributed by atoms with Gasteiger partial charge in [0.25, 0.3) is 0 Å². The predicted molar refractivity (Wildman–Crippen MR) is 120 cm³/mol. The summed E-state index contributed by atoms with van der Waals surface area (Å²) in [5.41, 5.74) is 4.42. The van der Waals surface area contributed by atoms with E-state index in [2.05, 4.69) is 52.8 Å². The zero-order chi connectivity index (χ0) is 18.9. The Kier molecular flexibility index (Phi) is 10.2. The van der Waals surface area contributed by atoms with Gasteiger partial charge in [0.1, 0.15) is 11.5 Å². The summed E-state index contributed by atoms with van der Waals surface area (Å²) >= 11 is 0. The van der Waals surface area contributed by atoms with E-state index in [1.165, 1.54) is 5.56 Å². The minimum absolute atomic E-state index is 0. The Labute approximate surface area is 179 Å². The summed E-state index contributed by atoms with van der Waals surface area (Å²) in [6.45, 7) is 10.2. The monoisotopic (exact) mass is 486 g/mol. The van der Waals surface area contributed by atoms with E-state index >= 15 is 0 Å². The van der Waals surface area contributed by atoms with Crippen molar-refractivity contribution in [3.8, 4) is 5.75 Å². The molecule has 6 nitrogen and oxygen atoms in total. The van der Waals surface area contributed by atoms with Gasteiger partial charge in [0, 0.05) is 31.3 Å². The van der Waals surface area contributed by atoms with Gasteiger partial charge in [-0.3, -0.25) is 4.99 Å². The van der Waals surface area contributed by atoms with Gasteiger partial charge in [0.15, 0.2) is 5.96 Å². The van der Waals surface area contributed by atoms with Crippen molar-refractivity contribution in [3.05, 3.63) is 46.3 Å². The van der Waals surface area contributed by atoms with E-state index in [4.69, 9.17) is 9.26 Å². The van der Waals surface area contributed by atoms with E-state index in [1.807, 2.05) is 13.8 Å². The van der Waals surface area contributed by atoms with Crippen LogP contribution < -0.4 is 15.4 Å². The van der Waals surface area contributed by atoms with Gasteiger partial charge in [-0.2, -0.15) is 0 Å². The van der Waals surface area contributed by atoms with E-state index in [-0.39, 0.29) is 24.0 Å². The maximum Gasteiger partial charge on any atom is 0.191 e. The molecule has 1 aromatic carbocycles. The predicted octanol–water partition coefficient (Wildman–Crippen LogP) is 3.91. The lowest BCUT2D eigenvalue weighted by atomic mass is 10.1. The van der Waals surface area contributed by atoms with Crippen LogP contribution in [-0.2, 0) is 13.0 Å². The van der Waals surface area contributed by atoms with E-state index in [1.54, 1.807) is 7.05 Å². The number of aryl methyl sites for hydroxylation is 3. The summed E-state index contributed by atoms with van der Waals surface area (Å²) < 4.78 is 11.1. The molecule has 7 heteroatoms. The first-order valence-electron chi connectivity index (χ1n) is 9.13. The van der Waals surface area contributed by atoms with E-state index in [0.29, 0.717) is 6.54 Å². The molecule has 0 atom stereocenters. The minimum atomic E-state index is 0. The Morgan fingerprint density at radius 2 is 2.00 bits per heavy atom. The summed E-state index contributed by atoms with van der Waals surface area (Å²) in [6, 6.07) is 6.29. The minimum Gasteiger partial charge on any atom is -0.493 e. The molecule has 27 heavy (non-hydrogen) atoms. The zero-order valence-corrected chi connectivity index (χ0v) is 19.2. The summed E-state index contributed by atoms with van der Waals surface area (Å²) in [4.78, 5) is 4.29. The SMILES string of the molecule is CCCOc1cc(C)ccc1CNC(=NC)NCCc1c(C)noc1C.I. The van der Waals surface area contributed by atoms with Crippen LogP contribution in [0.2, 0.25) is 0 Å². The number of ether oxygens (including phenoxy) is 1. The topological polar surface area (TPSA) is 71.7 Å². The molecule has 0 aliphatic carbocycles. The lowest BCUT2D eigenvalue weighted by Gasteiger charge is -2.15. The smallest absolute Gasteiger partial charge is 0.191 e. The number of aromatic nitrogens is 1. The second-order valence-electron chi connectivity index (χ2n) is 6.36. The Bertz CT molecular complexity index is 724. The molecule has 0 amide bonds. The fourth-order valence-corrected chi connectivity index (χ4v) is 2.72. The maximum atomic E-state index is 5.87. The molecule has 0 bridgehead atoms. The third-order valence-corrected chi connectivity index (χ3v) is 4.20. The molecule has 1 heterocycles. The number of nitrogens with zero attached hydrogens (tertiary/aromatic N) is 2. The largest absolute Gasteiger partial charge is 0.493 e. The normalized spacial score (nSPS) is 11.1. The Morgan fingerprint density at radius 3 is 2.63 bits per heavy atom. The number of hydrogen-bond donors (Lipinski definition) is 2. The van der Waals surface area contributed by atoms with Gasteiger partial charge in [-0.25, -0.2) is 0 Å². The second-order valence-corrected chi connectivity index (χ2v) is 6.36. The molecule has 0 fully saturated rings. The van der Waals surface area contributed by atoms with Crippen molar-refractivity contribution in [3.63, 3.8) is 0 Å². The van der Waals surface area contributed by atoms with Crippen molar-refractivity contribution < 1.29 is 9.26 Å². The van der Waals surface area contributed by atoms with E-state index in [9.17, 15) is 0 Å². The average molecular weight is 486 g/mol. The second kappa shape index (κ2) is 11.8. The molecule has 150 valence electrons. The summed E-state index contributed by atoms with van der Waals surface area (Å²) in [5.74, 6) is 2.58. The number of nitrogens with one attached hydrogen (secondary N) is 2. The lowest BCUT2D eigenvalue weighted by Crippen LogP contribution is -2.38. The molecule has 0 spiro atoms. The van der Waals surface area contributed by atoms with Gasteiger partial charge < -0.3 is 19.9 Å². The summed E-state index contributed by atoms with van der Waals surface area (Å²) in [7, 11) is 1.77. The van der Waals surface area contributed by atoms with Crippen LogP contribution in [0.5, 0.6) is 5.75 Å². The standard InChI is InChI=1S/C20H30N4O2.HI/c1-6-11-25-19-12-14(2)7-8-17(19)13-23-20(21-5)22-10-9-18-15(3)24-26-16(18)4;/h7-8,12H,6,9-11,13H2,1-5H3,(H2,21,22,23);1H. The number of aliphatic imine (C=N–C) groups is 1. The zero-order valence-electron chi connectivity index (χ0n) is 16.9. The van der Waals surface area contributed by atoms with E-state index < -0.39 is 0 Å². The first-order chi connectivity index (χ1) is 12.5. The van der Waals surface area contributed by atoms with Crippen LogP contribution >= 0.6 is 24.0 Å². The van der Waals surface area contributed by atoms with Crippen molar-refractivity contribution in [1.29, 1.82) is 0 Å². The van der Waals surface area contributed by atoms with Gasteiger partial charge in [-0.1, -0.05) is 24.2 Å². The van der Waals surface area contributed by atoms with Crippen LogP contribution in [0, 0.1) is 20.8 Å². The van der Waals surface area contributed by atoms with Crippen molar-refractivity contribution in [2.24, 2.45) is 4.99 Å². The highest BCUT2D eigenvalue weighted by atomic mass is 127. The van der Waals surface area contributed by atoms with Crippen LogP contribution in [-0.4, -0.2) is 31.3 Å². The average Bonchev–Trinajstić information content (AvgIpc) is 2.95. The molecule has 0 aliphatic heterocycles. The van der Waals surface area contributed by atoms with Crippen LogP contribution in [0.15, 0.2) is 27.7 Å². The Balaban J connectivity index is 0.00000364. The van der Waals surface area contributed by atoms with Crippen molar-refractivity contribution in [1.82, 2.24) is 15.8 Å². The first kappa shape index (κ1) is 23.3. The molecular weight excluding hydrogens is 455 g/mol. The van der Waals surface area contributed by atoms with Crippen LogP contribution in [0.4, 0.5) is 0 Å². The van der Waals surface area contributed by atoms with Crippen molar-refractivity contribution in [2.75, 3.05) is 20.2 Å². The highest BCUT2D eigenvalue weighted by molar-refractivity contribution is 14.0. The molecule has 0 radical (unpaired) electrons. The fourth-order valence-electron chi connectivity index (χ4n) is 2.72. The van der Waals surface area contributed by atoms with Crippen LogP contribution in [0.1, 0.15) is 41.5 Å². The van der Waals surface area contributed by atoms with E-state index in [0.717, 1.165) is 60.3 Å². The molecular formula is C20H31IN4O2. The number of benzene rings is 1. The number of guanidine groups is 1. The van der Waals surface area contributed by atoms with Crippen LogP contribution in [0.25, 0.3) is 0 Å². The van der Waals surface area contributed by atoms with Gasteiger partial charge >= 0.3 is 0 Å². The molecule has 0 unspecified atom stereocenters. The molecule has 2 rings (SSSR count). The quantitative estimate of drug-likeness (QED) is 0.336. The molecule has 2 N–H and O–H groups in total. The van der Waals surface area contributed by atoms with Crippen molar-refractivity contribution >= 4 is 29.9 Å². The summed E-state index contributed by atoms with van der Waals surface area (Å²) in [5, 5.41) is 10.7. The molecule has 0 saturated heterocycles. The van der Waals surface area contributed by atoms with Gasteiger partial charge in [-0.05, 0) is 45.2 Å². The number of hydrogen-bond acceptors (Lipinski definition) is 4. The Hall–Kier alpha value is -1.77.